The smallest absolute Gasteiger partial charge is 0.256 e. The number of methoxy groups -OCH3 is 1. The molecule has 5 nitrogen and oxygen atoms in total. The molecule has 2 aromatic rings. The molecule has 1 aromatic heterocycles. The Hall–Kier alpha value is -2.14. The fourth-order valence-electron chi connectivity index (χ4n) is 1.34. The van der Waals surface area contributed by atoms with Crippen LogP contribution in [0.25, 0.3) is 0 Å². The monoisotopic (exact) mass is 263 g/mol. The van der Waals surface area contributed by atoms with E-state index in [9.17, 15) is 4.79 Å². The van der Waals surface area contributed by atoms with Crippen molar-refractivity contribution in [3.63, 3.8) is 0 Å². The maximum atomic E-state index is 11.9. The predicted molar refractivity (Wildman–Crippen MR) is 68.0 cm³/mol. The van der Waals surface area contributed by atoms with Gasteiger partial charge >= 0.3 is 0 Å². The minimum absolute atomic E-state index is 0.0857. The summed E-state index contributed by atoms with van der Waals surface area (Å²) in [7, 11) is 1.57. The molecule has 1 amide bonds. The molecule has 2 rings (SSSR count). The molecule has 0 bridgehead atoms. The lowest BCUT2D eigenvalue weighted by atomic mass is 10.2. The number of aromatic nitrogens is 2. The minimum Gasteiger partial charge on any atom is -0.497 e. The number of anilines is 1. The molecular formula is C12H10ClN3O2. The van der Waals surface area contributed by atoms with Crippen molar-refractivity contribution in [3.8, 4) is 5.75 Å². The van der Waals surface area contributed by atoms with Crippen LogP contribution in [0.15, 0.2) is 36.5 Å². The number of ether oxygens (including phenoxy) is 1. The van der Waals surface area contributed by atoms with Gasteiger partial charge in [-0.3, -0.25) is 4.79 Å². The van der Waals surface area contributed by atoms with E-state index in [-0.39, 0.29) is 11.2 Å². The highest BCUT2D eigenvalue weighted by atomic mass is 35.5. The molecule has 6 heteroatoms. The van der Waals surface area contributed by atoms with Crippen LogP contribution in [0.5, 0.6) is 5.75 Å². The summed E-state index contributed by atoms with van der Waals surface area (Å²) in [6.45, 7) is 0. The molecule has 0 aliphatic rings. The summed E-state index contributed by atoms with van der Waals surface area (Å²) in [5.41, 5.74) is 0.505. The third-order valence-corrected chi connectivity index (χ3v) is 2.40. The second-order valence-electron chi connectivity index (χ2n) is 3.39. The van der Waals surface area contributed by atoms with Gasteiger partial charge in [-0.2, -0.15) is 0 Å². The minimum atomic E-state index is -0.271. The molecular weight excluding hydrogens is 254 g/mol. The lowest BCUT2D eigenvalue weighted by Gasteiger charge is -2.05. The number of amides is 1. The van der Waals surface area contributed by atoms with Crippen LogP contribution < -0.4 is 10.1 Å². The number of rotatable bonds is 3. The van der Waals surface area contributed by atoms with Crippen molar-refractivity contribution in [1.82, 2.24) is 9.97 Å². The van der Waals surface area contributed by atoms with Crippen LogP contribution in [0.2, 0.25) is 5.28 Å². The van der Waals surface area contributed by atoms with E-state index in [2.05, 4.69) is 15.3 Å². The second kappa shape index (κ2) is 5.46. The molecule has 1 N–H and O–H groups in total. The van der Waals surface area contributed by atoms with Gasteiger partial charge in [0.2, 0.25) is 5.28 Å². The Balaban J connectivity index is 2.11. The quantitative estimate of drug-likeness (QED) is 0.864. The molecule has 92 valence electrons. The molecule has 0 radical (unpaired) electrons. The zero-order valence-corrected chi connectivity index (χ0v) is 10.3. The van der Waals surface area contributed by atoms with Crippen molar-refractivity contribution >= 4 is 23.3 Å². The van der Waals surface area contributed by atoms with E-state index in [4.69, 9.17) is 16.3 Å². The fraction of sp³-hybridized carbons (Fsp3) is 0.0833. The van der Waals surface area contributed by atoms with E-state index < -0.39 is 0 Å². The lowest BCUT2D eigenvalue weighted by Crippen LogP contribution is -2.12. The van der Waals surface area contributed by atoms with E-state index >= 15 is 0 Å². The van der Waals surface area contributed by atoms with Gasteiger partial charge < -0.3 is 10.1 Å². The van der Waals surface area contributed by atoms with E-state index in [1.54, 1.807) is 37.4 Å². The zero-order valence-electron chi connectivity index (χ0n) is 9.55. The standard InChI is InChI=1S/C12H10ClN3O2/c1-18-9-4-2-8(3-5-9)11(17)15-10-6-7-14-12(13)16-10/h2-7H,1H3,(H,14,15,16,17). The number of halogens is 1. The first-order valence-corrected chi connectivity index (χ1v) is 5.51. The Bertz CT molecular complexity index is 558. The molecule has 0 atom stereocenters. The van der Waals surface area contributed by atoms with Crippen LogP contribution in [0.4, 0.5) is 5.82 Å². The van der Waals surface area contributed by atoms with Crippen molar-refractivity contribution in [1.29, 1.82) is 0 Å². The van der Waals surface area contributed by atoms with Crippen molar-refractivity contribution in [2.24, 2.45) is 0 Å². The number of nitrogens with zero attached hydrogens (tertiary/aromatic N) is 2. The van der Waals surface area contributed by atoms with E-state index in [0.717, 1.165) is 0 Å². The Morgan fingerprint density at radius 2 is 2.00 bits per heavy atom. The average molecular weight is 264 g/mol. The molecule has 0 fully saturated rings. The number of hydrogen-bond donors (Lipinski definition) is 1. The van der Waals surface area contributed by atoms with Crippen molar-refractivity contribution in [2.75, 3.05) is 12.4 Å². The third-order valence-electron chi connectivity index (χ3n) is 2.22. The molecule has 0 unspecified atom stereocenters. The van der Waals surface area contributed by atoms with Gasteiger partial charge in [0, 0.05) is 11.8 Å². The first kappa shape index (κ1) is 12.3. The van der Waals surface area contributed by atoms with Crippen LogP contribution in [0.3, 0.4) is 0 Å². The third kappa shape index (κ3) is 2.95. The highest BCUT2D eigenvalue weighted by Crippen LogP contribution is 2.13. The maximum Gasteiger partial charge on any atom is 0.256 e. The molecule has 1 aromatic carbocycles. The predicted octanol–water partition coefficient (Wildman–Crippen LogP) is 2.39. The van der Waals surface area contributed by atoms with Crippen LogP contribution in [-0.4, -0.2) is 23.0 Å². The lowest BCUT2D eigenvalue weighted by molar-refractivity contribution is 0.102. The summed E-state index contributed by atoms with van der Waals surface area (Å²) < 4.78 is 5.01. The van der Waals surface area contributed by atoms with E-state index in [1.165, 1.54) is 6.20 Å². The maximum absolute atomic E-state index is 11.9. The van der Waals surface area contributed by atoms with Crippen molar-refractivity contribution < 1.29 is 9.53 Å². The number of carbonyl (C=O) groups is 1. The van der Waals surface area contributed by atoms with Gasteiger partial charge in [0.15, 0.2) is 0 Å². The van der Waals surface area contributed by atoms with Gasteiger partial charge in [-0.15, -0.1) is 0 Å². The SMILES string of the molecule is COc1ccc(C(=O)Nc2ccnc(Cl)n2)cc1. The average Bonchev–Trinajstić information content (AvgIpc) is 2.39. The van der Waals surface area contributed by atoms with Gasteiger partial charge in [-0.05, 0) is 41.9 Å². The molecule has 0 saturated heterocycles. The van der Waals surface area contributed by atoms with Crippen LogP contribution in [0, 0.1) is 0 Å². The molecule has 0 aliphatic heterocycles. The summed E-state index contributed by atoms with van der Waals surface area (Å²) in [6.07, 6.45) is 1.47. The normalized spacial score (nSPS) is 9.89. The second-order valence-corrected chi connectivity index (χ2v) is 3.73. The molecule has 18 heavy (non-hydrogen) atoms. The van der Waals surface area contributed by atoms with E-state index in [1.807, 2.05) is 0 Å². The zero-order chi connectivity index (χ0) is 13.0. The number of benzene rings is 1. The molecule has 0 saturated carbocycles. The highest BCUT2D eigenvalue weighted by molar-refractivity contribution is 6.28. The summed E-state index contributed by atoms with van der Waals surface area (Å²) in [4.78, 5) is 19.5. The van der Waals surface area contributed by atoms with Gasteiger partial charge in [-0.25, -0.2) is 9.97 Å². The summed E-state index contributed by atoms with van der Waals surface area (Å²) in [5, 5.41) is 2.71. The van der Waals surface area contributed by atoms with E-state index in [0.29, 0.717) is 17.1 Å². The Morgan fingerprint density at radius 1 is 1.28 bits per heavy atom. The fourth-order valence-corrected chi connectivity index (χ4v) is 1.48. The first-order valence-electron chi connectivity index (χ1n) is 5.13. The first-order chi connectivity index (χ1) is 8.69. The summed E-state index contributed by atoms with van der Waals surface area (Å²) >= 11 is 5.62. The Labute approximate surface area is 109 Å². The largest absolute Gasteiger partial charge is 0.497 e. The van der Waals surface area contributed by atoms with Crippen LogP contribution in [0.1, 0.15) is 10.4 Å². The van der Waals surface area contributed by atoms with Crippen molar-refractivity contribution in [3.05, 3.63) is 47.4 Å². The van der Waals surface area contributed by atoms with Gasteiger partial charge in [0.25, 0.3) is 5.91 Å². The van der Waals surface area contributed by atoms with Crippen LogP contribution >= 0.6 is 11.6 Å². The number of nitrogens with one attached hydrogen (secondary N) is 1. The van der Waals surface area contributed by atoms with Crippen molar-refractivity contribution in [2.45, 2.75) is 0 Å². The molecule has 1 heterocycles. The van der Waals surface area contributed by atoms with Gasteiger partial charge in [0.1, 0.15) is 11.6 Å². The number of carbonyl (C=O) groups excluding carboxylic acids is 1. The summed E-state index contributed by atoms with van der Waals surface area (Å²) in [5.74, 6) is 0.778. The highest BCUT2D eigenvalue weighted by Gasteiger charge is 2.07. The Kier molecular flexibility index (Phi) is 3.74. The molecule has 0 spiro atoms. The van der Waals surface area contributed by atoms with Crippen LogP contribution in [-0.2, 0) is 0 Å². The number of hydrogen-bond acceptors (Lipinski definition) is 4. The van der Waals surface area contributed by atoms with Gasteiger partial charge in [-0.1, -0.05) is 0 Å². The Morgan fingerprint density at radius 3 is 2.61 bits per heavy atom. The van der Waals surface area contributed by atoms with Gasteiger partial charge in [0.05, 0.1) is 7.11 Å². The summed E-state index contributed by atoms with van der Waals surface area (Å²) in [6, 6.07) is 8.31. The topological polar surface area (TPSA) is 64.1 Å². The molecule has 0 aliphatic carbocycles.